The number of carbonyl (C=O) groups is 2. The van der Waals surface area contributed by atoms with E-state index < -0.39 is 28.7 Å². The van der Waals surface area contributed by atoms with Crippen molar-refractivity contribution in [1.29, 1.82) is 0 Å². The minimum absolute atomic E-state index is 0.0947. The lowest BCUT2D eigenvalue weighted by molar-refractivity contribution is -0.385. The fourth-order valence-corrected chi connectivity index (χ4v) is 2.01. The zero-order valence-corrected chi connectivity index (χ0v) is 14.2. The Morgan fingerprint density at radius 3 is 2.52 bits per heavy atom. The van der Waals surface area contributed by atoms with Crippen molar-refractivity contribution in [3.8, 4) is 5.75 Å². The van der Waals surface area contributed by atoms with Crippen molar-refractivity contribution in [2.75, 3.05) is 0 Å². The van der Waals surface area contributed by atoms with E-state index in [0.717, 1.165) is 6.08 Å². The first-order valence-corrected chi connectivity index (χ1v) is 7.81. The lowest BCUT2D eigenvalue weighted by atomic mass is 10.1. The van der Waals surface area contributed by atoms with E-state index >= 15 is 0 Å². The minimum atomic E-state index is -1.07. The molecule has 0 aliphatic carbocycles. The molecule has 2 amide bonds. The standard InChI is InChI=1S/C18H16FN3O5/c1-12(27-16-9-5-3-7-14(16)19)18(24)21-20-17(23)11-10-13-6-2-4-8-15(13)22(25)26/h2-12H,1H3,(H,20,23)(H,21,24)/b11-10+/t12-/m1/s1. The predicted molar refractivity (Wildman–Crippen MR) is 94.9 cm³/mol. The van der Waals surface area contributed by atoms with Gasteiger partial charge in [-0.25, -0.2) is 4.39 Å². The molecule has 9 heteroatoms. The van der Waals surface area contributed by atoms with Gasteiger partial charge in [-0.3, -0.25) is 30.6 Å². The number of nitrogens with zero attached hydrogens (tertiary/aromatic N) is 1. The Labute approximate surface area is 153 Å². The molecule has 0 saturated carbocycles. The van der Waals surface area contributed by atoms with Crippen LogP contribution in [0.1, 0.15) is 12.5 Å². The average molecular weight is 373 g/mol. The molecule has 0 aliphatic heterocycles. The van der Waals surface area contributed by atoms with Crippen molar-refractivity contribution < 1.29 is 23.6 Å². The number of hydrogen-bond acceptors (Lipinski definition) is 5. The van der Waals surface area contributed by atoms with Gasteiger partial charge in [0.05, 0.1) is 10.5 Å². The number of rotatable bonds is 6. The van der Waals surface area contributed by atoms with Gasteiger partial charge in [-0.05, 0) is 31.2 Å². The van der Waals surface area contributed by atoms with Crippen LogP contribution in [0.15, 0.2) is 54.6 Å². The molecular formula is C18H16FN3O5. The molecule has 2 N–H and O–H groups in total. The van der Waals surface area contributed by atoms with E-state index in [9.17, 15) is 24.1 Å². The highest BCUT2D eigenvalue weighted by atomic mass is 19.1. The molecule has 0 heterocycles. The Balaban J connectivity index is 1.89. The summed E-state index contributed by atoms with van der Waals surface area (Å²) in [5, 5.41) is 10.9. The summed E-state index contributed by atoms with van der Waals surface area (Å²) in [5.41, 5.74) is 4.32. The van der Waals surface area contributed by atoms with Crippen molar-refractivity contribution in [2.24, 2.45) is 0 Å². The number of amides is 2. The van der Waals surface area contributed by atoms with Crippen LogP contribution >= 0.6 is 0 Å². The van der Waals surface area contributed by atoms with E-state index in [1.165, 1.54) is 49.4 Å². The number of nitro benzene ring substituents is 1. The maximum atomic E-state index is 13.5. The van der Waals surface area contributed by atoms with Crippen molar-refractivity contribution in [3.63, 3.8) is 0 Å². The van der Waals surface area contributed by atoms with Crippen LogP contribution in [0.4, 0.5) is 10.1 Å². The highest BCUT2D eigenvalue weighted by Gasteiger charge is 2.16. The van der Waals surface area contributed by atoms with Gasteiger partial charge < -0.3 is 4.74 Å². The molecule has 0 aromatic heterocycles. The molecule has 0 aliphatic rings. The smallest absolute Gasteiger partial charge is 0.279 e. The normalized spacial score (nSPS) is 11.6. The first kappa shape index (κ1) is 19.6. The zero-order chi connectivity index (χ0) is 19.8. The Bertz CT molecular complexity index is 885. The van der Waals surface area contributed by atoms with Gasteiger partial charge >= 0.3 is 0 Å². The number of hydrogen-bond donors (Lipinski definition) is 2. The van der Waals surface area contributed by atoms with Crippen LogP contribution in [-0.4, -0.2) is 22.8 Å². The summed E-state index contributed by atoms with van der Waals surface area (Å²) in [7, 11) is 0. The monoisotopic (exact) mass is 373 g/mol. The fourth-order valence-electron chi connectivity index (χ4n) is 2.01. The highest BCUT2D eigenvalue weighted by Crippen LogP contribution is 2.19. The minimum Gasteiger partial charge on any atom is -0.478 e. The van der Waals surface area contributed by atoms with Gasteiger partial charge in [0.2, 0.25) is 0 Å². The molecule has 0 bridgehead atoms. The fraction of sp³-hybridized carbons (Fsp3) is 0.111. The number of carbonyl (C=O) groups excluding carboxylic acids is 2. The third-order valence-electron chi connectivity index (χ3n) is 3.37. The quantitative estimate of drug-likeness (QED) is 0.459. The number of nitro groups is 1. The number of hydrazine groups is 1. The van der Waals surface area contributed by atoms with Crippen LogP contribution in [-0.2, 0) is 9.59 Å². The Hall–Kier alpha value is -3.75. The third kappa shape index (κ3) is 5.63. The van der Waals surface area contributed by atoms with E-state index in [1.54, 1.807) is 12.1 Å². The highest BCUT2D eigenvalue weighted by molar-refractivity contribution is 5.94. The molecule has 0 radical (unpaired) electrons. The summed E-state index contributed by atoms with van der Waals surface area (Å²) in [6.45, 7) is 1.39. The lowest BCUT2D eigenvalue weighted by Gasteiger charge is -2.15. The molecule has 0 unspecified atom stereocenters. The van der Waals surface area contributed by atoms with Crippen molar-refractivity contribution in [2.45, 2.75) is 13.0 Å². The first-order valence-electron chi connectivity index (χ1n) is 7.81. The lowest BCUT2D eigenvalue weighted by Crippen LogP contribution is -2.46. The average Bonchev–Trinajstić information content (AvgIpc) is 2.66. The number of halogens is 1. The van der Waals surface area contributed by atoms with Gasteiger partial charge in [0.25, 0.3) is 17.5 Å². The zero-order valence-electron chi connectivity index (χ0n) is 14.2. The number of ether oxygens (including phenoxy) is 1. The summed E-state index contributed by atoms with van der Waals surface area (Å²) in [4.78, 5) is 34.0. The first-order chi connectivity index (χ1) is 12.9. The van der Waals surface area contributed by atoms with Crippen molar-refractivity contribution in [3.05, 3.63) is 76.1 Å². The number of benzene rings is 2. The largest absolute Gasteiger partial charge is 0.478 e. The maximum Gasteiger partial charge on any atom is 0.279 e. The van der Waals surface area contributed by atoms with Crippen LogP contribution in [0, 0.1) is 15.9 Å². The molecular weight excluding hydrogens is 357 g/mol. The van der Waals surface area contributed by atoms with E-state index in [4.69, 9.17) is 4.74 Å². The second-order valence-corrected chi connectivity index (χ2v) is 5.32. The summed E-state index contributed by atoms with van der Waals surface area (Å²) < 4.78 is 18.7. The molecule has 8 nitrogen and oxygen atoms in total. The molecule has 140 valence electrons. The SMILES string of the molecule is C[C@@H](Oc1ccccc1F)C(=O)NNC(=O)/C=C/c1ccccc1[N+](=O)[O-]. The topological polar surface area (TPSA) is 111 Å². The Morgan fingerprint density at radius 2 is 1.81 bits per heavy atom. The summed E-state index contributed by atoms with van der Waals surface area (Å²) in [6, 6.07) is 11.5. The molecule has 2 aromatic rings. The predicted octanol–water partition coefficient (Wildman–Crippen LogP) is 2.36. The third-order valence-corrected chi connectivity index (χ3v) is 3.37. The molecule has 2 aromatic carbocycles. The maximum absolute atomic E-state index is 13.5. The van der Waals surface area contributed by atoms with Gasteiger partial charge in [-0.1, -0.05) is 24.3 Å². The molecule has 0 fully saturated rings. The molecule has 0 saturated heterocycles. The van der Waals surface area contributed by atoms with Gasteiger partial charge in [0.1, 0.15) is 0 Å². The van der Waals surface area contributed by atoms with Crippen molar-refractivity contribution in [1.82, 2.24) is 10.9 Å². The molecule has 2 rings (SSSR count). The van der Waals surface area contributed by atoms with Crippen LogP contribution in [0.3, 0.4) is 0 Å². The van der Waals surface area contributed by atoms with Crippen LogP contribution < -0.4 is 15.6 Å². The van der Waals surface area contributed by atoms with E-state index in [0.29, 0.717) is 0 Å². The van der Waals surface area contributed by atoms with Gasteiger partial charge in [-0.15, -0.1) is 0 Å². The molecule has 27 heavy (non-hydrogen) atoms. The van der Waals surface area contributed by atoms with Gasteiger partial charge in [0, 0.05) is 12.1 Å². The van der Waals surface area contributed by atoms with Gasteiger partial charge in [-0.2, -0.15) is 0 Å². The van der Waals surface area contributed by atoms with Crippen LogP contribution in [0.5, 0.6) is 5.75 Å². The number of para-hydroxylation sites is 2. The van der Waals surface area contributed by atoms with Crippen LogP contribution in [0.25, 0.3) is 6.08 Å². The Morgan fingerprint density at radius 1 is 1.15 bits per heavy atom. The van der Waals surface area contributed by atoms with E-state index in [-0.39, 0.29) is 17.0 Å². The van der Waals surface area contributed by atoms with E-state index in [2.05, 4.69) is 10.9 Å². The van der Waals surface area contributed by atoms with Crippen molar-refractivity contribution >= 4 is 23.6 Å². The number of nitrogens with one attached hydrogen (secondary N) is 2. The summed E-state index contributed by atoms with van der Waals surface area (Å²) >= 11 is 0. The summed E-state index contributed by atoms with van der Waals surface area (Å²) in [5.74, 6) is -2.12. The second kappa shape index (κ2) is 9.09. The second-order valence-electron chi connectivity index (χ2n) is 5.32. The molecule has 0 spiro atoms. The Kier molecular flexibility index (Phi) is 6.59. The van der Waals surface area contributed by atoms with Gasteiger partial charge in [0.15, 0.2) is 17.7 Å². The summed E-state index contributed by atoms with van der Waals surface area (Å²) in [6.07, 6.45) is 1.21. The van der Waals surface area contributed by atoms with E-state index in [1.807, 2.05) is 0 Å². The molecule has 1 atom stereocenters. The van der Waals surface area contributed by atoms with Crippen LogP contribution in [0.2, 0.25) is 0 Å².